The number of benzene rings is 1. The van der Waals surface area contributed by atoms with Crippen molar-refractivity contribution in [3.05, 3.63) is 29.8 Å². The van der Waals surface area contributed by atoms with Crippen LogP contribution in [0.5, 0.6) is 0 Å². The van der Waals surface area contributed by atoms with Gasteiger partial charge in [0.25, 0.3) is 0 Å². The first-order valence-electron chi connectivity index (χ1n) is 13.3. The van der Waals surface area contributed by atoms with Crippen LogP contribution >= 0.6 is 0 Å². The van der Waals surface area contributed by atoms with Crippen molar-refractivity contribution in [1.82, 2.24) is 0 Å². The van der Waals surface area contributed by atoms with Gasteiger partial charge in [-0.1, -0.05) is 26.7 Å². The van der Waals surface area contributed by atoms with Crippen molar-refractivity contribution in [2.24, 2.45) is 46.8 Å². The summed E-state index contributed by atoms with van der Waals surface area (Å²) in [6.45, 7) is 7.58. The molecule has 4 aliphatic rings. The van der Waals surface area contributed by atoms with Crippen LogP contribution in [0.25, 0.3) is 0 Å². The zero-order chi connectivity index (χ0) is 21.6. The minimum atomic E-state index is 0.490. The molecule has 2 unspecified atom stereocenters. The third-order valence-electron chi connectivity index (χ3n) is 10.5. The molecular formula is C29H42N2. The molecule has 1 N–H and O–H groups in total. The van der Waals surface area contributed by atoms with Gasteiger partial charge in [-0.2, -0.15) is 5.26 Å². The zero-order valence-electron chi connectivity index (χ0n) is 19.9. The Morgan fingerprint density at radius 3 is 2.52 bits per heavy atom. The summed E-state index contributed by atoms with van der Waals surface area (Å²) < 4.78 is 0. The lowest BCUT2D eigenvalue weighted by molar-refractivity contribution is -0.112. The minimum Gasteiger partial charge on any atom is -0.382 e. The highest BCUT2D eigenvalue weighted by Crippen LogP contribution is 2.63. The van der Waals surface area contributed by atoms with E-state index in [0.29, 0.717) is 11.5 Å². The summed E-state index contributed by atoms with van der Waals surface area (Å²) in [6.07, 6.45) is 14.8. The van der Waals surface area contributed by atoms with Crippen molar-refractivity contribution in [2.45, 2.75) is 91.0 Å². The lowest BCUT2D eigenvalue weighted by Crippen LogP contribution is -2.55. The maximum Gasteiger partial charge on any atom is 0.0991 e. The standard InChI is InChI=1S/C29H42N2/c1-19-7-13-24-22(17-19)10-14-26-25(24)15-16-29(3)27(5-4-6-28(26)29)20(2)31-23-11-8-21(18-30)9-12-23/h8-9,11-12,19-20,22,24-28,31H,4-7,10,13-17H2,1-3H3/t19-,20-,22+,24-,25?,26+,27+,28?,29+/m0/s1. The molecule has 4 saturated carbocycles. The maximum absolute atomic E-state index is 9.09. The smallest absolute Gasteiger partial charge is 0.0991 e. The molecule has 2 heteroatoms. The number of anilines is 1. The van der Waals surface area contributed by atoms with Crippen LogP contribution in [0.1, 0.15) is 90.5 Å². The molecule has 0 heterocycles. The number of nitriles is 1. The first-order chi connectivity index (χ1) is 15.0. The average molecular weight is 419 g/mol. The van der Waals surface area contributed by atoms with Gasteiger partial charge >= 0.3 is 0 Å². The molecule has 4 fully saturated rings. The number of rotatable bonds is 3. The van der Waals surface area contributed by atoms with Gasteiger partial charge in [-0.25, -0.2) is 0 Å². The molecular weight excluding hydrogens is 376 g/mol. The molecule has 9 atom stereocenters. The number of hydrogen-bond donors (Lipinski definition) is 1. The Morgan fingerprint density at radius 2 is 1.74 bits per heavy atom. The van der Waals surface area contributed by atoms with E-state index in [4.69, 9.17) is 5.26 Å². The molecule has 0 amide bonds. The van der Waals surface area contributed by atoms with E-state index in [2.05, 4.69) is 44.3 Å². The van der Waals surface area contributed by atoms with Crippen molar-refractivity contribution in [3.63, 3.8) is 0 Å². The van der Waals surface area contributed by atoms with Gasteiger partial charge in [0, 0.05) is 11.7 Å². The molecule has 1 aromatic carbocycles. The van der Waals surface area contributed by atoms with Gasteiger partial charge in [0.05, 0.1) is 11.6 Å². The van der Waals surface area contributed by atoms with Crippen LogP contribution in [-0.4, -0.2) is 6.04 Å². The fourth-order valence-corrected chi connectivity index (χ4v) is 9.15. The number of fused-ring (bicyclic) bond motifs is 5. The lowest BCUT2D eigenvalue weighted by Gasteiger charge is -2.61. The van der Waals surface area contributed by atoms with Gasteiger partial charge in [0.2, 0.25) is 0 Å². The molecule has 2 nitrogen and oxygen atoms in total. The number of nitrogens with zero attached hydrogens (tertiary/aromatic N) is 1. The summed E-state index contributed by atoms with van der Waals surface area (Å²) in [5.41, 5.74) is 2.41. The molecule has 0 spiro atoms. The normalized spacial score (nSPS) is 43.0. The molecule has 168 valence electrons. The van der Waals surface area contributed by atoms with E-state index in [1.807, 2.05) is 12.1 Å². The Kier molecular flexibility index (Phi) is 5.83. The average Bonchev–Trinajstić information content (AvgIpc) is 2.78. The van der Waals surface area contributed by atoms with Crippen molar-refractivity contribution < 1.29 is 0 Å². The molecule has 0 aromatic heterocycles. The quantitative estimate of drug-likeness (QED) is 0.547. The maximum atomic E-state index is 9.09. The lowest BCUT2D eigenvalue weighted by atomic mass is 9.44. The Balaban J connectivity index is 1.32. The summed E-state index contributed by atoms with van der Waals surface area (Å²) in [6, 6.07) is 10.8. The first kappa shape index (κ1) is 21.4. The van der Waals surface area contributed by atoms with Gasteiger partial charge in [-0.3, -0.25) is 0 Å². The molecule has 4 aliphatic carbocycles. The van der Waals surface area contributed by atoms with Crippen LogP contribution in [0.2, 0.25) is 0 Å². The molecule has 0 saturated heterocycles. The van der Waals surface area contributed by atoms with Crippen LogP contribution in [-0.2, 0) is 0 Å². The van der Waals surface area contributed by atoms with Crippen molar-refractivity contribution in [2.75, 3.05) is 5.32 Å². The molecule has 1 aromatic rings. The second-order valence-electron chi connectivity index (χ2n) is 12.1. The third kappa shape index (κ3) is 3.81. The number of nitrogens with one attached hydrogen (secondary N) is 1. The van der Waals surface area contributed by atoms with E-state index in [9.17, 15) is 0 Å². The van der Waals surface area contributed by atoms with Gasteiger partial charge in [-0.15, -0.1) is 0 Å². The van der Waals surface area contributed by atoms with Gasteiger partial charge in [0.1, 0.15) is 0 Å². The summed E-state index contributed by atoms with van der Waals surface area (Å²) in [5.74, 6) is 6.80. The second kappa shape index (κ2) is 8.46. The van der Waals surface area contributed by atoms with Crippen LogP contribution in [0, 0.1) is 58.2 Å². The fraction of sp³-hybridized carbons (Fsp3) is 0.759. The van der Waals surface area contributed by atoms with E-state index < -0.39 is 0 Å². The van der Waals surface area contributed by atoms with Crippen LogP contribution in [0.3, 0.4) is 0 Å². The Morgan fingerprint density at radius 1 is 0.968 bits per heavy atom. The Labute approximate surface area is 190 Å². The predicted molar refractivity (Wildman–Crippen MR) is 129 cm³/mol. The van der Waals surface area contributed by atoms with Crippen molar-refractivity contribution >= 4 is 5.69 Å². The van der Waals surface area contributed by atoms with Crippen LogP contribution < -0.4 is 5.32 Å². The third-order valence-corrected chi connectivity index (χ3v) is 10.5. The Bertz CT molecular complexity index is 807. The topological polar surface area (TPSA) is 35.8 Å². The predicted octanol–water partition coefficient (Wildman–Crippen LogP) is 7.65. The minimum absolute atomic E-state index is 0.490. The summed E-state index contributed by atoms with van der Waals surface area (Å²) in [4.78, 5) is 0. The van der Waals surface area contributed by atoms with Crippen LogP contribution in [0.15, 0.2) is 24.3 Å². The second-order valence-corrected chi connectivity index (χ2v) is 12.1. The summed E-state index contributed by atoms with van der Waals surface area (Å²) >= 11 is 0. The molecule has 0 radical (unpaired) electrons. The van der Waals surface area contributed by atoms with Gasteiger partial charge in [-0.05, 0) is 129 Å². The fourth-order valence-electron chi connectivity index (χ4n) is 9.15. The van der Waals surface area contributed by atoms with E-state index >= 15 is 0 Å². The van der Waals surface area contributed by atoms with Crippen molar-refractivity contribution in [3.8, 4) is 6.07 Å². The molecule has 0 aliphatic heterocycles. The molecule has 0 bridgehead atoms. The highest BCUT2D eigenvalue weighted by molar-refractivity contribution is 5.48. The monoisotopic (exact) mass is 418 g/mol. The van der Waals surface area contributed by atoms with E-state index in [-0.39, 0.29) is 0 Å². The summed E-state index contributed by atoms with van der Waals surface area (Å²) in [7, 11) is 0. The van der Waals surface area contributed by atoms with E-state index in [1.165, 1.54) is 69.9 Å². The number of hydrogen-bond acceptors (Lipinski definition) is 2. The van der Waals surface area contributed by atoms with Crippen molar-refractivity contribution in [1.29, 1.82) is 5.26 Å². The highest BCUT2D eigenvalue weighted by atomic mass is 14.9. The SMILES string of the molecule is C[C@H]1CC[C@@H]2C3CC[C@@]4(C)C(CCC[C@@H]4[C@H](C)Nc4ccc(C#N)cc4)[C@@H]3CC[C@@H]2C1. The largest absolute Gasteiger partial charge is 0.382 e. The first-order valence-corrected chi connectivity index (χ1v) is 13.3. The van der Waals surface area contributed by atoms with Gasteiger partial charge in [0.15, 0.2) is 0 Å². The summed E-state index contributed by atoms with van der Waals surface area (Å²) in [5, 5.41) is 12.9. The highest BCUT2D eigenvalue weighted by Gasteiger charge is 2.56. The Hall–Kier alpha value is -1.49. The van der Waals surface area contributed by atoms with Crippen LogP contribution in [0.4, 0.5) is 5.69 Å². The van der Waals surface area contributed by atoms with E-state index in [0.717, 1.165) is 47.0 Å². The molecule has 31 heavy (non-hydrogen) atoms. The zero-order valence-corrected chi connectivity index (χ0v) is 19.9. The molecule has 5 rings (SSSR count). The van der Waals surface area contributed by atoms with E-state index in [1.54, 1.807) is 0 Å². The van der Waals surface area contributed by atoms with Gasteiger partial charge < -0.3 is 5.32 Å².